The fourth-order valence-electron chi connectivity index (χ4n) is 1.42. The van der Waals surface area contributed by atoms with Crippen molar-refractivity contribution in [1.29, 1.82) is 0 Å². The fourth-order valence-corrected chi connectivity index (χ4v) is 1.42. The Labute approximate surface area is 96.5 Å². The van der Waals surface area contributed by atoms with Crippen molar-refractivity contribution in [1.82, 2.24) is 15.6 Å². The minimum atomic E-state index is 0.0894. The molecule has 0 amide bonds. The Hall–Kier alpha value is -1.13. The van der Waals surface area contributed by atoms with Crippen molar-refractivity contribution in [3.05, 3.63) is 34.2 Å². The van der Waals surface area contributed by atoms with Crippen LogP contribution in [0.2, 0.25) is 0 Å². The average Bonchev–Trinajstić information content (AvgIpc) is 2.25. The van der Waals surface area contributed by atoms with Gasteiger partial charge in [-0.1, -0.05) is 13.8 Å². The van der Waals surface area contributed by atoms with E-state index in [4.69, 9.17) is 0 Å². The molecule has 0 aromatic carbocycles. The lowest BCUT2D eigenvalue weighted by Gasteiger charge is -2.08. The molecule has 3 N–H and O–H groups in total. The van der Waals surface area contributed by atoms with E-state index in [0.717, 1.165) is 25.1 Å². The largest absolute Gasteiger partial charge is 0.367 e. The Morgan fingerprint density at radius 1 is 1.38 bits per heavy atom. The quantitative estimate of drug-likeness (QED) is 0.601. The van der Waals surface area contributed by atoms with Gasteiger partial charge in [-0.05, 0) is 19.5 Å². The minimum Gasteiger partial charge on any atom is -0.367 e. The lowest BCUT2D eigenvalue weighted by molar-refractivity contribution is 0.547. The van der Waals surface area contributed by atoms with E-state index in [-0.39, 0.29) is 5.43 Å². The highest BCUT2D eigenvalue weighted by Crippen LogP contribution is 1.87. The van der Waals surface area contributed by atoms with Gasteiger partial charge >= 0.3 is 0 Å². The number of hydrogen-bond acceptors (Lipinski definition) is 3. The van der Waals surface area contributed by atoms with E-state index in [1.54, 1.807) is 18.5 Å². The molecule has 0 saturated heterocycles. The van der Waals surface area contributed by atoms with Crippen LogP contribution in [0.25, 0.3) is 0 Å². The van der Waals surface area contributed by atoms with Gasteiger partial charge in [0.15, 0.2) is 5.43 Å². The molecule has 4 heteroatoms. The summed E-state index contributed by atoms with van der Waals surface area (Å²) in [7, 11) is 0. The number of aromatic amines is 1. The van der Waals surface area contributed by atoms with Crippen LogP contribution < -0.4 is 16.1 Å². The van der Waals surface area contributed by atoms with E-state index in [2.05, 4.69) is 29.5 Å². The SMILES string of the molecule is CC(C)NCCCNCc1c[nH]ccc1=O. The molecule has 1 aromatic rings. The highest BCUT2D eigenvalue weighted by atomic mass is 16.1. The predicted molar refractivity (Wildman–Crippen MR) is 66.5 cm³/mol. The van der Waals surface area contributed by atoms with E-state index >= 15 is 0 Å². The summed E-state index contributed by atoms with van der Waals surface area (Å²) < 4.78 is 0. The van der Waals surface area contributed by atoms with Gasteiger partial charge in [0, 0.05) is 36.6 Å². The van der Waals surface area contributed by atoms with Gasteiger partial charge < -0.3 is 15.6 Å². The van der Waals surface area contributed by atoms with Gasteiger partial charge in [0.1, 0.15) is 0 Å². The zero-order valence-corrected chi connectivity index (χ0v) is 10.0. The molecule has 0 radical (unpaired) electrons. The molecule has 0 bridgehead atoms. The first-order valence-corrected chi connectivity index (χ1v) is 5.80. The van der Waals surface area contributed by atoms with Gasteiger partial charge in [0.2, 0.25) is 0 Å². The van der Waals surface area contributed by atoms with Crippen LogP contribution in [0.3, 0.4) is 0 Å². The van der Waals surface area contributed by atoms with E-state index in [0.29, 0.717) is 12.6 Å². The van der Waals surface area contributed by atoms with Crippen LogP contribution in [-0.4, -0.2) is 24.1 Å². The number of hydrogen-bond donors (Lipinski definition) is 3. The molecular formula is C12H21N3O. The molecule has 1 rings (SSSR count). The number of rotatable bonds is 7. The lowest BCUT2D eigenvalue weighted by atomic mass is 10.2. The maximum absolute atomic E-state index is 11.4. The van der Waals surface area contributed by atoms with Crippen LogP contribution in [0.15, 0.2) is 23.3 Å². The summed E-state index contributed by atoms with van der Waals surface area (Å²) in [5, 5.41) is 6.60. The summed E-state index contributed by atoms with van der Waals surface area (Å²) in [6, 6.07) is 2.09. The zero-order valence-electron chi connectivity index (χ0n) is 10.0. The summed E-state index contributed by atoms with van der Waals surface area (Å²) in [6.45, 7) is 6.84. The molecule has 0 unspecified atom stereocenters. The van der Waals surface area contributed by atoms with Crippen molar-refractivity contribution in [2.45, 2.75) is 32.9 Å². The van der Waals surface area contributed by atoms with Gasteiger partial charge in [-0.2, -0.15) is 0 Å². The Kier molecular flexibility index (Phi) is 5.82. The van der Waals surface area contributed by atoms with Gasteiger partial charge in [-0.15, -0.1) is 0 Å². The van der Waals surface area contributed by atoms with Crippen LogP contribution in [0.5, 0.6) is 0 Å². The lowest BCUT2D eigenvalue weighted by Crippen LogP contribution is -2.27. The van der Waals surface area contributed by atoms with E-state index in [9.17, 15) is 4.79 Å². The third-order valence-electron chi connectivity index (χ3n) is 2.30. The molecule has 0 aliphatic heterocycles. The molecule has 0 aliphatic carbocycles. The van der Waals surface area contributed by atoms with Crippen molar-refractivity contribution >= 4 is 0 Å². The number of nitrogens with one attached hydrogen (secondary N) is 3. The first-order valence-electron chi connectivity index (χ1n) is 5.80. The van der Waals surface area contributed by atoms with Crippen LogP contribution in [0.4, 0.5) is 0 Å². The molecular weight excluding hydrogens is 202 g/mol. The monoisotopic (exact) mass is 223 g/mol. The molecule has 90 valence electrons. The van der Waals surface area contributed by atoms with E-state index in [1.165, 1.54) is 0 Å². The molecule has 0 fully saturated rings. The predicted octanol–water partition coefficient (Wildman–Crippen LogP) is 0.853. The third kappa shape index (κ3) is 5.09. The number of pyridine rings is 1. The van der Waals surface area contributed by atoms with Crippen molar-refractivity contribution in [3.8, 4) is 0 Å². The second-order valence-corrected chi connectivity index (χ2v) is 4.17. The molecule has 0 aliphatic rings. The molecule has 4 nitrogen and oxygen atoms in total. The highest BCUT2D eigenvalue weighted by molar-refractivity contribution is 5.08. The molecule has 16 heavy (non-hydrogen) atoms. The summed E-state index contributed by atoms with van der Waals surface area (Å²) in [5.41, 5.74) is 0.880. The zero-order chi connectivity index (χ0) is 11.8. The molecule has 0 atom stereocenters. The van der Waals surface area contributed by atoms with Crippen LogP contribution in [0, 0.1) is 0 Å². The molecule has 0 spiro atoms. The number of H-pyrrole nitrogens is 1. The van der Waals surface area contributed by atoms with Gasteiger partial charge in [-0.25, -0.2) is 0 Å². The van der Waals surface area contributed by atoms with Crippen molar-refractivity contribution < 1.29 is 0 Å². The van der Waals surface area contributed by atoms with Crippen molar-refractivity contribution in [3.63, 3.8) is 0 Å². The van der Waals surface area contributed by atoms with Crippen molar-refractivity contribution in [2.24, 2.45) is 0 Å². The molecule has 1 heterocycles. The van der Waals surface area contributed by atoms with Crippen LogP contribution in [0.1, 0.15) is 25.8 Å². The Bertz CT molecular complexity index is 346. The molecule has 0 saturated carbocycles. The second kappa shape index (κ2) is 7.19. The van der Waals surface area contributed by atoms with E-state index in [1.807, 2.05) is 0 Å². The Balaban J connectivity index is 2.12. The summed E-state index contributed by atoms with van der Waals surface area (Å²) >= 11 is 0. The second-order valence-electron chi connectivity index (χ2n) is 4.17. The van der Waals surface area contributed by atoms with Gasteiger partial charge in [0.25, 0.3) is 0 Å². The minimum absolute atomic E-state index is 0.0894. The smallest absolute Gasteiger partial charge is 0.186 e. The summed E-state index contributed by atoms with van der Waals surface area (Å²) in [6.07, 6.45) is 4.48. The maximum Gasteiger partial charge on any atom is 0.186 e. The van der Waals surface area contributed by atoms with Crippen molar-refractivity contribution in [2.75, 3.05) is 13.1 Å². The molecule has 1 aromatic heterocycles. The maximum atomic E-state index is 11.4. The topological polar surface area (TPSA) is 56.9 Å². The Morgan fingerprint density at radius 2 is 2.19 bits per heavy atom. The summed E-state index contributed by atoms with van der Waals surface area (Å²) in [4.78, 5) is 14.3. The first-order chi connectivity index (χ1) is 7.70. The van der Waals surface area contributed by atoms with Crippen LogP contribution in [-0.2, 0) is 6.54 Å². The Morgan fingerprint density at radius 3 is 2.88 bits per heavy atom. The van der Waals surface area contributed by atoms with Crippen LogP contribution >= 0.6 is 0 Å². The highest BCUT2D eigenvalue weighted by Gasteiger charge is 1.97. The third-order valence-corrected chi connectivity index (χ3v) is 2.30. The normalized spacial score (nSPS) is 10.9. The summed E-state index contributed by atoms with van der Waals surface area (Å²) in [5.74, 6) is 0. The first kappa shape index (κ1) is 12.9. The standard InChI is InChI=1S/C12H21N3O/c1-10(2)15-6-3-5-13-8-11-9-14-7-4-12(11)16/h4,7,9-10,13,15H,3,5-6,8H2,1-2H3,(H,14,16). The van der Waals surface area contributed by atoms with Gasteiger partial charge in [0.05, 0.1) is 0 Å². The average molecular weight is 223 g/mol. The van der Waals surface area contributed by atoms with E-state index < -0.39 is 0 Å². The number of aromatic nitrogens is 1. The fraction of sp³-hybridized carbons (Fsp3) is 0.583. The van der Waals surface area contributed by atoms with Gasteiger partial charge in [-0.3, -0.25) is 4.79 Å².